The minimum Gasteiger partial charge on any atom is -0.493 e. The Morgan fingerprint density at radius 1 is 0.670 bits per heavy atom. The number of ether oxygens (including phenoxy) is 10. The summed E-state index contributed by atoms with van der Waals surface area (Å²) in [6, 6.07) is 16.4. The summed E-state index contributed by atoms with van der Waals surface area (Å²) in [4.78, 5) is 125. The van der Waals surface area contributed by atoms with Gasteiger partial charge in [0, 0.05) is 113 Å². The standard InChI is InChI=1S/C79H106N10O22S/c1-51(2)73(85-72(93)20-22-80-79(98)111-50-54(5)66(90)12-10-24-103-28-29-105-32-33-107-36-37-109-39-38-108-35-34-106-31-30-104-27-26-102-9)76(95)81-55(6)75(94)82-61-18-19-63-58(43-61)21-23-88(63)78(97)65-44-60(48-86(65)7)57-16-14-56(15-17-57)42-67(91)74-84-70(49-87(74)8)83-71(92)13-11-25-110-68-45-59-46-69(112(99,100)101)64-40-52(3)47-89(64)77(96)62(59)41-53(68)4/h14-19,21,23,41,43-45,48-49,51,54-55,64,69,73H,3,10-13,20,22,24-40,42,46-47,50H2,1-2,4-9H3,(H,80,98)(H,81,95)(H,82,94)(H,83,92)(H,85,93)(H,99,100,101)/t54?,55-,64-,69?,73-/m0/s1. The van der Waals surface area contributed by atoms with Crippen molar-refractivity contribution in [2.45, 2.75) is 109 Å². The van der Waals surface area contributed by atoms with Crippen LogP contribution >= 0.6 is 0 Å². The van der Waals surface area contributed by atoms with E-state index in [0.717, 1.165) is 11.1 Å². The van der Waals surface area contributed by atoms with Crippen molar-refractivity contribution < 1.29 is 103 Å². The molecular formula is C79H106N10O22S. The Kier molecular flexibility index (Phi) is 34.6. The van der Waals surface area contributed by atoms with Gasteiger partial charge in [-0.1, -0.05) is 57.2 Å². The highest BCUT2D eigenvalue weighted by Gasteiger charge is 2.46. The second kappa shape index (κ2) is 44.0. The summed E-state index contributed by atoms with van der Waals surface area (Å²) in [5, 5.41) is 12.8. The topological polar surface area (TPSA) is 391 Å². The summed E-state index contributed by atoms with van der Waals surface area (Å²) in [5.74, 6) is -3.27. The van der Waals surface area contributed by atoms with Gasteiger partial charge in [-0.3, -0.25) is 47.5 Å². The lowest BCUT2D eigenvalue weighted by Crippen LogP contribution is -2.54. The minimum atomic E-state index is -4.51. The van der Waals surface area contributed by atoms with Crippen LogP contribution in [0.25, 0.3) is 22.0 Å². The maximum absolute atomic E-state index is 14.2. The summed E-state index contributed by atoms with van der Waals surface area (Å²) in [6.45, 7) is 19.1. The van der Waals surface area contributed by atoms with E-state index >= 15 is 0 Å². The van der Waals surface area contributed by atoms with Crippen LogP contribution in [0.5, 0.6) is 5.75 Å². The fourth-order valence-corrected chi connectivity index (χ4v) is 13.6. The van der Waals surface area contributed by atoms with Crippen molar-refractivity contribution in [3.63, 3.8) is 0 Å². The highest BCUT2D eigenvalue weighted by Crippen LogP contribution is 2.37. The Balaban J connectivity index is 0.675. The van der Waals surface area contributed by atoms with E-state index in [2.05, 4.69) is 38.1 Å². The summed E-state index contributed by atoms with van der Waals surface area (Å²) in [5.41, 5.74) is 5.75. The molecule has 32 nitrogen and oxygen atoms in total. The number of anilines is 2. The van der Waals surface area contributed by atoms with Crippen molar-refractivity contribution >= 4 is 85.6 Å². The first-order valence-corrected chi connectivity index (χ1v) is 39.0. The number of carbonyl (C=O) groups is 9. The number of rotatable bonds is 49. The van der Waals surface area contributed by atoms with E-state index in [9.17, 15) is 56.1 Å². The lowest BCUT2D eigenvalue weighted by molar-refractivity contribution is -0.131. The van der Waals surface area contributed by atoms with Crippen molar-refractivity contribution in [2.24, 2.45) is 25.9 Å². The maximum atomic E-state index is 14.2. The van der Waals surface area contributed by atoms with Gasteiger partial charge in [-0.2, -0.15) is 8.42 Å². The van der Waals surface area contributed by atoms with E-state index in [0.29, 0.717) is 168 Å². The summed E-state index contributed by atoms with van der Waals surface area (Å²) < 4.78 is 94.4. The smallest absolute Gasteiger partial charge is 0.407 e. The molecule has 112 heavy (non-hydrogen) atoms. The molecule has 6 N–H and O–H groups in total. The lowest BCUT2D eigenvalue weighted by atomic mass is 9.98. The first kappa shape index (κ1) is 88.0. The Morgan fingerprint density at radius 2 is 1.29 bits per heavy atom. The first-order valence-electron chi connectivity index (χ1n) is 37.5. The number of Topliss-reactive ketones (excluding diaryl/α,β-unsaturated/α-hetero) is 2. The number of carbonyl (C=O) groups excluding carboxylic acids is 9. The summed E-state index contributed by atoms with van der Waals surface area (Å²) in [7, 11) is 0.526. The van der Waals surface area contributed by atoms with Gasteiger partial charge in [-0.25, -0.2) is 9.78 Å². The molecule has 0 spiro atoms. The molecule has 6 amide bonds. The number of aryl methyl sites for hydroxylation is 3. The number of alkyl carbamates (subject to hydrolysis) is 1. The predicted octanol–water partition coefficient (Wildman–Crippen LogP) is 6.63. The first-order chi connectivity index (χ1) is 53.7. The van der Waals surface area contributed by atoms with E-state index < -0.39 is 63.2 Å². The molecule has 2 aliphatic heterocycles. The van der Waals surface area contributed by atoms with Gasteiger partial charge in [0.15, 0.2) is 11.6 Å². The molecule has 3 aromatic carbocycles. The second-order valence-corrected chi connectivity index (χ2v) is 29.5. The minimum absolute atomic E-state index is 0.0114. The Labute approximate surface area is 652 Å². The zero-order valence-electron chi connectivity index (χ0n) is 65.0. The summed E-state index contributed by atoms with van der Waals surface area (Å²) in [6.07, 6.45) is 5.27. The highest BCUT2D eigenvalue weighted by atomic mass is 32.2. The molecule has 2 aliphatic rings. The number of imidazole rings is 1. The normalized spacial score (nSPS) is 15.0. The Morgan fingerprint density at radius 3 is 1.92 bits per heavy atom. The third-order valence-electron chi connectivity index (χ3n) is 18.7. The van der Waals surface area contributed by atoms with E-state index in [1.54, 1.807) is 108 Å². The average molecular weight is 1580 g/mol. The molecular weight excluding hydrogens is 1470 g/mol. The number of methoxy groups -OCH3 is 1. The zero-order valence-corrected chi connectivity index (χ0v) is 65.8. The van der Waals surface area contributed by atoms with Crippen LogP contribution < -0.4 is 31.3 Å². The SMILES string of the molecule is C=C1C[C@H]2C(S(=O)(=O)O)Cc3cc(OCCCC(=O)Nc4cn(C)c(C(=O)Cc5ccc(-c6cc(C(=O)n7ccc8cc(NC(=O)[C@H](C)NC(=O)[C@@H](NC(=O)CCNC(=O)OCC(C)C(=O)CCCOCCOCCOCCOCCOCCOCCOCCOC)C(C)C)ccc87)n(C)c6)cc5)n4)c(C)cc3C(=O)N2C1. The van der Waals surface area contributed by atoms with Crippen LogP contribution in [0.1, 0.15) is 114 Å². The Hall–Kier alpha value is -9.55. The van der Waals surface area contributed by atoms with E-state index in [1.165, 1.54) is 21.0 Å². The molecule has 0 aliphatic carbocycles. The third-order valence-corrected chi connectivity index (χ3v) is 19.9. The quantitative estimate of drug-likeness (QED) is 0.0101. The molecule has 0 saturated carbocycles. The number of hydrogen-bond donors (Lipinski definition) is 6. The van der Waals surface area contributed by atoms with E-state index in [-0.39, 0.29) is 112 Å². The Bertz CT molecular complexity index is 4320. The third kappa shape index (κ3) is 26.8. The second-order valence-electron chi connectivity index (χ2n) is 27.9. The summed E-state index contributed by atoms with van der Waals surface area (Å²) >= 11 is 0. The number of aromatic nitrogens is 4. The number of ketones is 2. The van der Waals surface area contributed by atoms with Crippen molar-refractivity contribution in [1.82, 2.24) is 39.5 Å². The number of nitrogens with one attached hydrogen (secondary N) is 5. The van der Waals surface area contributed by atoms with Crippen LogP contribution in [0.2, 0.25) is 0 Å². The molecule has 3 aromatic heterocycles. The van der Waals surface area contributed by atoms with Gasteiger partial charge in [0.25, 0.3) is 21.9 Å². The van der Waals surface area contributed by atoms with Crippen LogP contribution in [0, 0.1) is 18.8 Å². The molecule has 5 atom stereocenters. The van der Waals surface area contributed by atoms with Gasteiger partial charge in [0.2, 0.25) is 29.4 Å². The molecule has 0 radical (unpaired) electrons. The zero-order chi connectivity index (χ0) is 80.9. The number of amides is 6. The van der Waals surface area contributed by atoms with Gasteiger partial charge in [-0.15, -0.1) is 0 Å². The van der Waals surface area contributed by atoms with Crippen LogP contribution in [-0.2, 0) is 104 Å². The molecule has 0 bridgehead atoms. The fraction of sp³-hybridized carbons (Fsp3) is 0.519. The van der Waals surface area contributed by atoms with Gasteiger partial charge in [0.05, 0.1) is 111 Å². The molecule has 1 fully saturated rings. The van der Waals surface area contributed by atoms with Crippen LogP contribution in [-0.4, -0.2) is 246 Å². The van der Waals surface area contributed by atoms with Crippen LogP contribution in [0.15, 0.2) is 97.5 Å². The van der Waals surface area contributed by atoms with Crippen molar-refractivity contribution in [2.75, 3.05) is 143 Å². The van der Waals surface area contributed by atoms with Gasteiger partial charge in [0.1, 0.15) is 41.2 Å². The molecule has 6 aromatic rings. The molecule has 2 unspecified atom stereocenters. The van der Waals surface area contributed by atoms with E-state index in [1.807, 2.05) is 30.5 Å². The molecule has 610 valence electrons. The number of hydrogen-bond acceptors (Lipinski definition) is 22. The number of benzene rings is 3. The number of nitrogens with zero attached hydrogens (tertiary/aromatic N) is 5. The molecule has 1 saturated heterocycles. The van der Waals surface area contributed by atoms with Gasteiger partial charge in [-0.05, 0) is 110 Å². The van der Waals surface area contributed by atoms with Crippen LogP contribution in [0.4, 0.5) is 16.3 Å². The maximum Gasteiger partial charge on any atom is 0.407 e. The van der Waals surface area contributed by atoms with Gasteiger partial charge >= 0.3 is 6.09 Å². The van der Waals surface area contributed by atoms with Gasteiger partial charge < -0.3 is 88.0 Å². The predicted molar refractivity (Wildman–Crippen MR) is 414 cm³/mol. The van der Waals surface area contributed by atoms with E-state index in [4.69, 9.17) is 47.4 Å². The highest BCUT2D eigenvalue weighted by molar-refractivity contribution is 7.86. The average Bonchev–Trinajstić information content (AvgIpc) is 1.64. The van der Waals surface area contributed by atoms with Crippen molar-refractivity contribution in [1.29, 1.82) is 0 Å². The fourth-order valence-electron chi connectivity index (χ4n) is 12.6. The largest absolute Gasteiger partial charge is 0.493 e. The monoisotopic (exact) mass is 1580 g/mol. The van der Waals surface area contributed by atoms with Crippen molar-refractivity contribution in [3.8, 4) is 16.9 Å². The lowest BCUT2D eigenvalue weighted by Gasteiger charge is -2.26. The molecule has 33 heteroatoms. The number of fused-ring (bicyclic) bond motifs is 3. The van der Waals surface area contributed by atoms with Crippen molar-refractivity contribution in [3.05, 3.63) is 131 Å². The van der Waals surface area contributed by atoms with Crippen LogP contribution in [0.3, 0.4) is 0 Å². The molecule has 5 heterocycles. The molecule has 8 rings (SSSR count).